The van der Waals surface area contributed by atoms with Crippen LogP contribution in [0.3, 0.4) is 0 Å². The van der Waals surface area contributed by atoms with Gasteiger partial charge in [-0.3, -0.25) is 4.57 Å². The maximum Gasteiger partial charge on any atom is 0.265 e. The van der Waals surface area contributed by atoms with Crippen molar-refractivity contribution in [2.75, 3.05) is 0 Å². The van der Waals surface area contributed by atoms with Crippen LogP contribution in [-0.4, -0.2) is 10.7 Å². The van der Waals surface area contributed by atoms with E-state index in [1.54, 1.807) is 0 Å². The average molecular weight is 435 g/mol. The van der Waals surface area contributed by atoms with E-state index in [1.807, 2.05) is 66.2 Å². The first-order valence-electron chi connectivity index (χ1n) is 11.2. The van der Waals surface area contributed by atoms with Crippen molar-refractivity contribution < 1.29 is 9.09 Å². The van der Waals surface area contributed by atoms with Gasteiger partial charge in [0.15, 0.2) is 0 Å². The van der Waals surface area contributed by atoms with Gasteiger partial charge in [0, 0.05) is 23.3 Å². The zero-order chi connectivity index (χ0) is 22.2. The van der Waals surface area contributed by atoms with Gasteiger partial charge in [-0.2, -0.15) is 5.26 Å². The number of hydrogen-bond donors (Lipinski definition) is 0. The number of hydrogen-bond acceptors (Lipinski definition) is 3. The highest BCUT2D eigenvalue weighted by Gasteiger charge is 2.42. The van der Waals surface area contributed by atoms with Crippen molar-refractivity contribution in [2.45, 2.75) is 46.1 Å². The Morgan fingerprint density at radius 1 is 1.10 bits per heavy atom. The number of benzene rings is 2. The molecule has 0 spiro atoms. The molecular weight excluding hydrogens is 403 g/mol. The molecule has 4 atom stereocenters. The smallest absolute Gasteiger partial charge is 0.265 e. The molecule has 2 aromatic carbocycles. The molecular formula is C26H31N2O2P. The van der Waals surface area contributed by atoms with Crippen molar-refractivity contribution in [1.82, 2.24) is 4.57 Å². The fraction of sp³-hybridized carbons (Fsp3) is 0.423. The number of nitriles is 1. The largest absolute Gasteiger partial charge is 0.335 e. The van der Waals surface area contributed by atoms with Gasteiger partial charge in [-0.25, -0.2) is 0 Å². The molecule has 3 aromatic rings. The molecule has 4 rings (SSSR count). The zero-order valence-electron chi connectivity index (χ0n) is 18.8. The van der Waals surface area contributed by atoms with Gasteiger partial charge in [0.2, 0.25) is 0 Å². The molecule has 1 heterocycles. The molecule has 0 bridgehead atoms. The Morgan fingerprint density at radius 3 is 2.45 bits per heavy atom. The summed E-state index contributed by atoms with van der Waals surface area (Å²) in [7, 11) is -1.66. The van der Waals surface area contributed by atoms with Gasteiger partial charge >= 0.3 is 0 Å². The molecule has 0 N–H and O–H groups in total. The fourth-order valence-electron chi connectivity index (χ4n) is 5.09. The summed E-state index contributed by atoms with van der Waals surface area (Å²) in [6, 6.07) is 19.6. The SMILES string of the molecule is CC(C)[C@H]1CC[C@H](C)C[C@@H]1OP(=O)(c1ccccc1)c1c(C#N)n(C)c2ccccc12. The Balaban J connectivity index is 1.94. The summed E-state index contributed by atoms with van der Waals surface area (Å²) < 4.78 is 23.6. The minimum Gasteiger partial charge on any atom is -0.335 e. The van der Waals surface area contributed by atoms with Gasteiger partial charge in [-0.05, 0) is 48.8 Å². The van der Waals surface area contributed by atoms with Crippen LogP contribution in [0.25, 0.3) is 10.9 Å². The van der Waals surface area contributed by atoms with Crippen LogP contribution in [0.15, 0.2) is 54.6 Å². The number of aromatic nitrogens is 1. The lowest BCUT2D eigenvalue weighted by Crippen LogP contribution is -2.36. The van der Waals surface area contributed by atoms with Crippen LogP contribution in [0.1, 0.15) is 45.7 Å². The van der Waals surface area contributed by atoms with Crippen LogP contribution in [0, 0.1) is 29.1 Å². The van der Waals surface area contributed by atoms with E-state index in [0.717, 1.165) is 23.7 Å². The minimum atomic E-state index is -3.52. The van der Waals surface area contributed by atoms with Crippen LogP contribution in [0.5, 0.6) is 0 Å². The molecule has 1 aliphatic carbocycles. The van der Waals surface area contributed by atoms with Crippen LogP contribution in [0.2, 0.25) is 0 Å². The standard InChI is InChI=1S/C26H31N2O2P/c1-18(2)21-15-14-19(3)16-25(21)30-31(29,20-10-6-5-7-11-20)26-22-12-8-9-13-23(22)28(4)24(26)17-27/h5-13,18-19,21,25H,14-16H2,1-4H3/t19-,21+,25-,31?/m0/s1. The van der Waals surface area contributed by atoms with Crippen molar-refractivity contribution in [3.63, 3.8) is 0 Å². The predicted molar refractivity (Wildman–Crippen MR) is 127 cm³/mol. The molecule has 1 fully saturated rings. The van der Waals surface area contributed by atoms with E-state index in [9.17, 15) is 9.83 Å². The molecule has 162 valence electrons. The van der Waals surface area contributed by atoms with Crippen LogP contribution in [-0.2, 0) is 16.1 Å². The molecule has 31 heavy (non-hydrogen) atoms. The van der Waals surface area contributed by atoms with Gasteiger partial charge in [0.05, 0.1) is 11.4 Å². The molecule has 1 aliphatic rings. The summed E-state index contributed by atoms with van der Waals surface area (Å²) >= 11 is 0. The lowest BCUT2D eigenvalue weighted by Gasteiger charge is -2.39. The summed E-state index contributed by atoms with van der Waals surface area (Å²) in [6.45, 7) is 6.70. The summed E-state index contributed by atoms with van der Waals surface area (Å²) in [5, 5.41) is 12.1. The van der Waals surface area contributed by atoms with Gasteiger partial charge in [-0.15, -0.1) is 0 Å². The second-order valence-corrected chi connectivity index (χ2v) is 11.5. The van der Waals surface area contributed by atoms with Gasteiger partial charge in [-0.1, -0.05) is 63.6 Å². The van der Waals surface area contributed by atoms with Gasteiger partial charge in [0.25, 0.3) is 7.37 Å². The van der Waals surface area contributed by atoms with E-state index in [2.05, 4.69) is 26.8 Å². The predicted octanol–water partition coefficient (Wildman–Crippen LogP) is 5.76. The van der Waals surface area contributed by atoms with Gasteiger partial charge in [0.1, 0.15) is 11.8 Å². The van der Waals surface area contributed by atoms with Crippen molar-refractivity contribution in [3.05, 3.63) is 60.3 Å². The van der Waals surface area contributed by atoms with Gasteiger partial charge < -0.3 is 9.09 Å². The first-order chi connectivity index (χ1) is 14.9. The molecule has 0 aliphatic heterocycles. The summed E-state index contributed by atoms with van der Waals surface area (Å²) in [5.74, 6) is 1.34. The average Bonchev–Trinajstić information content (AvgIpc) is 3.06. The normalized spacial score (nSPS) is 23.5. The minimum absolute atomic E-state index is 0.0969. The highest BCUT2D eigenvalue weighted by molar-refractivity contribution is 7.75. The van der Waals surface area contributed by atoms with Crippen molar-refractivity contribution in [1.29, 1.82) is 5.26 Å². The number of para-hydroxylation sites is 1. The molecule has 4 nitrogen and oxygen atoms in total. The van der Waals surface area contributed by atoms with E-state index < -0.39 is 7.37 Å². The molecule has 1 unspecified atom stereocenters. The molecule has 5 heteroatoms. The number of nitrogens with zero attached hydrogens (tertiary/aromatic N) is 2. The number of aryl methyl sites for hydroxylation is 1. The topological polar surface area (TPSA) is 55.0 Å². The quantitative estimate of drug-likeness (QED) is 0.480. The van der Waals surface area contributed by atoms with E-state index in [4.69, 9.17) is 4.52 Å². The Morgan fingerprint density at radius 2 is 1.77 bits per heavy atom. The lowest BCUT2D eigenvalue weighted by atomic mass is 9.75. The molecule has 1 saturated carbocycles. The molecule has 0 amide bonds. The third-order valence-corrected chi connectivity index (χ3v) is 9.41. The van der Waals surface area contributed by atoms with Crippen molar-refractivity contribution >= 4 is 28.9 Å². The van der Waals surface area contributed by atoms with Crippen LogP contribution >= 0.6 is 7.37 Å². The second-order valence-electron chi connectivity index (χ2n) is 9.24. The molecule has 0 saturated heterocycles. The highest BCUT2D eigenvalue weighted by atomic mass is 31.2. The number of fused-ring (bicyclic) bond motifs is 1. The van der Waals surface area contributed by atoms with Crippen molar-refractivity contribution in [3.8, 4) is 6.07 Å². The monoisotopic (exact) mass is 434 g/mol. The van der Waals surface area contributed by atoms with E-state index >= 15 is 0 Å². The second kappa shape index (κ2) is 8.65. The summed E-state index contributed by atoms with van der Waals surface area (Å²) in [6.07, 6.45) is 3.06. The number of rotatable bonds is 5. The Bertz CT molecular complexity index is 1160. The van der Waals surface area contributed by atoms with Crippen LogP contribution < -0.4 is 10.6 Å². The Kier molecular flexibility index (Phi) is 6.11. The fourth-order valence-corrected chi connectivity index (χ4v) is 7.75. The maximum absolute atomic E-state index is 15.0. The third-order valence-electron chi connectivity index (χ3n) is 6.82. The van der Waals surface area contributed by atoms with Crippen LogP contribution in [0.4, 0.5) is 0 Å². The molecule has 1 aromatic heterocycles. The zero-order valence-corrected chi connectivity index (χ0v) is 19.7. The van der Waals surface area contributed by atoms with E-state index in [0.29, 0.717) is 34.1 Å². The Labute approximate surface area is 185 Å². The van der Waals surface area contributed by atoms with E-state index in [1.165, 1.54) is 6.42 Å². The molecule has 0 radical (unpaired) electrons. The summed E-state index contributed by atoms with van der Waals surface area (Å²) in [5.41, 5.74) is 1.31. The van der Waals surface area contributed by atoms with E-state index in [-0.39, 0.29) is 6.10 Å². The summed E-state index contributed by atoms with van der Waals surface area (Å²) in [4.78, 5) is 0. The first kappa shape index (κ1) is 21.9. The van der Waals surface area contributed by atoms with Crippen molar-refractivity contribution in [2.24, 2.45) is 24.8 Å². The lowest BCUT2D eigenvalue weighted by molar-refractivity contribution is 0.0514. The first-order valence-corrected chi connectivity index (χ1v) is 12.8. The third kappa shape index (κ3) is 3.86. The Hall–Kier alpha value is -2.34. The highest BCUT2D eigenvalue weighted by Crippen LogP contribution is 2.52. The maximum atomic E-state index is 15.0.